The highest BCUT2D eigenvalue weighted by Crippen LogP contribution is 2.05. The van der Waals surface area contributed by atoms with Crippen molar-refractivity contribution >= 4 is 0 Å². The number of hydrogen-bond acceptors (Lipinski definition) is 4. The van der Waals surface area contributed by atoms with E-state index in [2.05, 4.69) is 97.7 Å². The molecule has 4 heterocycles. The number of allylic oxidation sites excluding steroid dienone is 9. The first kappa shape index (κ1) is 84.2. The van der Waals surface area contributed by atoms with Crippen molar-refractivity contribution in [1.82, 2.24) is 20.5 Å². The maximum absolute atomic E-state index is 4.10. The van der Waals surface area contributed by atoms with E-state index in [9.17, 15) is 0 Å². The number of nitrogens with zero attached hydrogens (tertiary/aromatic N) is 2. The summed E-state index contributed by atoms with van der Waals surface area (Å²) in [6.45, 7) is 51.2. The Bertz CT molecular complexity index is 1080. The van der Waals surface area contributed by atoms with Crippen LogP contribution in [0.2, 0.25) is 0 Å². The first-order chi connectivity index (χ1) is 33.2. The Balaban J connectivity index is -0.0000000814. The molecule has 0 saturated heterocycles. The normalized spacial score (nSPS) is 10.9. The van der Waals surface area contributed by atoms with Crippen molar-refractivity contribution in [1.29, 1.82) is 0 Å². The Hall–Kier alpha value is -3.79. The zero-order valence-electron chi connectivity index (χ0n) is 50.1. The summed E-state index contributed by atoms with van der Waals surface area (Å²) in [5, 5.41) is 5.84. The van der Waals surface area contributed by atoms with Gasteiger partial charge in [0.2, 0.25) is 0 Å². The second kappa shape index (κ2) is 93.3. The summed E-state index contributed by atoms with van der Waals surface area (Å²) in [6, 6.07) is 5.96. The fraction of sp³-hybridized carbons (Fsp3) is 0.641. The largest absolute Gasteiger partial charge is 0.362 e. The van der Waals surface area contributed by atoms with E-state index in [-0.39, 0.29) is 0 Å². The third-order valence-corrected chi connectivity index (χ3v) is 8.63. The maximum Gasteiger partial charge on any atom is 0.0400 e. The lowest BCUT2D eigenvalue weighted by atomic mass is 10.2. The lowest BCUT2D eigenvalue weighted by Crippen LogP contribution is -2.08. The van der Waals surface area contributed by atoms with Gasteiger partial charge in [0.1, 0.15) is 0 Å². The molecule has 2 N–H and O–H groups in total. The van der Waals surface area contributed by atoms with Gasteiger partial charge in [0, 0.05) is 54.6 Å². The van der Waals surface area contributed by atoms with Crippen molar-refractivity contribution in [3.63, 3.8) is 0 Å². The van der Waals surface area contributed by atoms with Crippen LogP contribution in [0.25, 0.3) is 0 Å². The Labute approximate surface area is 432 Å². The second-order valence-corrected chi connectivity index (χ2v) is 14.5. The van der Waals surface area contributed by atoms with Gasteiger partial charge in [-0.3, -0.25) is 4.98 Å². The predicted molar refractivity (Wildman–Crippen MR) is 324 cm³/mol. The number of hydrogen-bond donors (Lipinski definition) is 2. The van der Waals surface area contributed by atoms with Gasteiger partial charge < -0.3 is 15.5 Å². The van der Waals surface area contributed by atoms with Gasteiger partial charge in [-0.1, -0.05) is 304 Å². The first-order valence-corrected chi connectivity index (χ1v) is 28.4. The third-order valence-electron chi connectivity index (χ3n) is 8.63. The molecule has 0 saturated carbocycles. The van der Waals surface area contributed by atoms with Crippen molar-refractivity contribution in [2.24, 2.45) is 0 Å². The summed E-state index contributed by atoms with van der Waals surface area (Å²) in [5.74, 6) is 0. The number of aryl methyl sites for hydroxylation is 1. The van der Waals surface area contributed by atoms with Gasteiger partial charge in [-0.2, -0.15) is 0 Å². The van der Waals surface area contributed by atoms with E-state index >= 15 is 0 Å². The molecule has 4 heteroatoms. The zero-order chi connectivity index (χ0) is 54.2. The Morgan fingerprint density at radius 1 is 0.412 bits per heavy atom. The highest BCUT2D eigenvalue weighted by atomic mass is 15.1. The lowest BCUT2D eigenvalue weighted by Gasteiger charge is -2.15. The average Bonchev–Trinajstić information content (AvgIpc) is 3.40. The minimum absolute atomic E-state index is 0.947. The van der Waals surface area contributed by atoms with Crippen LogP contribution in [0.3, 0.4) is 0 Å². The molecule has 0 fully saturated rings. The summed E-state index contributed by atoms with van der Waals surface area (Å²) in [4.78, 5) is 6.07. The number of rotatable bonds is 17. The molecule has 0 bridgehead atoms. The molecule has 0 spiro atoms. The summed E-state index contributed by atoms with van der Waals surface area (Å²) >= 11 is 0. The van der Waals surface area contributed by atoms with Gasteiger partial charge in [0.25, 0.3) is 0 Å². The monoisotopic (exact) mass is 951 g/mol. The van der Waals surface area contributed by atoms with Crippen LogP contribution in [-0.2, 0) is 6.42 Å². The van der Waals surface area contributed by atoms with Crippen LogP contribution in [0.1, 0.15) is 266 Å². The molecular weight excluding hydrogens is 825 g/mol. The molecule has 0 aliphatic carbocycles. The fourth-order valence-electron chi connectivity index (χ4n) is 4.73. The van der Waals surface area contributed by atoms with Crippen molar-refractivity contribution in [2.45, 2.75) is 266 Å². The Morgan fingerprint density at radius 3 is 0.868 bits per heavy atom. The van der Waals surface area contributed by atoms with Crippen molar-refractivity contribution in [3.05, 3.63) is 140 Å². The van der Waals surface area contributed by atoms with Gasteiger partial charge >= 0.3 is 0 Å². The van der Waals surface area contributed by atoms with Crippen LogP contribution in [0.15, 0.2) is 135 Å². The van der Waals surface area contributed by atoms with Crippen LogP contribution in [0, 0.1) is 0 Å². The van der Waals surface area contributed by atoms with E-state index < -0.39 is 0 Å². The summed E-state index contributed by atoms with van der Waals surface area (Å²) in [5.41, 5.74) is 4.09. The molecule has 4 rings (SSSR count). The fourth-order valence-corrected chi connectivity index (χ4v) is 4.73. The molecule has 0 radical (unpaired) electrons. The minimum atomic E-state index is 0.947. The van der Waals surface area contributed by atoms with E-state index in [1.807, 2.05) is 179 Å². The SMILES string of the molecule is C=C1C=CC=CN1.C=C1C=CC=CN1.C=C1C=CC=CN1C.CC.CC.CC.CC.CC.CCCCCCC.CCCCCCC.CCCCCCC.CCCCCCC.CCc1ccccn1. The topological polar surface area (TPSA) is 40.2 Å². The van der Waals surface area contributed by atoms with Crippen LogP contribution in [0.4, 0.5) is 0 Å². The summed E-state index contributed by atoms with van der Waals surface area (Å²) < 4.78 is 0. The minimum Gasteiger partial charge on any atom is -0.362 e. The molecule has 3 aliphatic rings. The molecule has 0 atom stereocenters. The third kappa shape index (κ3) is 96.2. The second-order valence-electron chi connectivity index (χ2n) is 14.5. The molecule has 402 valence electrons. The number of nitrogens with one attached hydrogen (secondary N) is 2. The van der Waals surface area contributed by atoms with Crippen LogP contribution < -0.4 is 10.6 Å². The standard InChI is InChI=1S/2C7H9N.4C7H16.2C6H7N.5C2H6/c1-7-5-3-4-6-8(7)2;1-2-7-5-3-4-6-8-7;4*1-3-5-7-6-4-2;2*1-6-4-2-3-5-7-6;5*1-2/h3-6H,1H2,2H3;3-6H,2H2,1H3;4*3-7H2,1-2H3;2*2-5,7H,1H2;5*1-2H3. The predicted octanol–water partition coefficient (Wildman–Crippen LogP) is 22.5. The van der Waals surface area contributed by atoms with Gasteiger partial charge in [-0.15, -0.1) is 0 Å². The van der Waals surface area contributed by atoms with E-state index in [1.165, 1.54) is 128 Å². The zero-order valence-corrected chi connectivity index (χ0v) is 50.1. The van der Waals surface area contributed by atoms with Gasteiger partial charge in [0.05, 0.1) is 0 Å². The lowest BCUT2D eigenvalue weighted by molar-refractivity contribution is 0.587. The van der Waals surface area contributed by atoms with Crippen LogP contribution in [-0.4, -0.2) is 16.9 Å². The first-order valence-electron chi connectivity index (χ1n) is 28.4. The highest BCUT2D eigenvalue weighted by Gasteiger charge is 1.93. The Kier molecular flexibility index (Phi) is 115. The van der Waals surface area contributed by atoms with Gasteiger partial charge in [-0.25, -0.2) is 0 Å². The molecule has 3 aliphatic heterocycles. The number of likely N-dealkylation sites (N-methyl/N-ethyl adjacent to an activating group) is 1. The van der Waals surface area contributed by atoms with Crippen molar-refractivity contribution < 1.29 is 0 Å². The maximum atomic E-state index is 4.10. The number of dihydropyridines is 2. The van der Waals surface area contributed by atoms with Gasteiger partial charge in [-0.05, 0) is 55.0 Å². The average molecular weight is 952 g/mol. The van der Waals surface area contributed by atoms with Crippen molar-refractivity contribution in [3.8, 4) is 0 Å². The molecule has 1 aromatic rings. The molecular formula is C64H126N4. The quantitative estimate of drug-likeness (QED) is 0.153. The Morgan fingerprint density at radius 2 is 0.721 bits per heavy atom. The summed E-state index contributed by atoms with van der Waals surface area (Å²) in [7, 11) is 1.97. The molecule has 0 amide bonds. The van der Waals surface area contributed by atoms with Crippen LogP contribution >= 0.6 is 0 Å². The molecule has 0 unspecified atom stereocenters. The van der Waals surface area contributed by atoms with E-state index in [1.54, 1.807) is 0 Å². The molecule has 0 aromatic carbocycles. The molecule has 4 nitrogen and oxygen atoms in total. The van der Waals surface area contributed by atoms with Crippen molar-refractivity contribution in [2.75, 3.05) is 7.05 Å². The van der Waals surface area contributed by atoms with E-state index in [4.69, 9.17) is 0 Å². The molecule has 1 aromatic heterocycles. The van der Waals surface area contributed by atoms with Gasteiger partial charge in [0.15, 0.2) is 0 Å². The summed E-state index contributed by atoms with van der Waals surface area (Å²) in [6.07, 6.45) is 54.1. The number of aromatic nitrogens is 1. The van der Waals surface area contributed by atoms with Crippen LogP contribution in [0.5, 0.6) is 0 Å². The molecule has 68 heavy (non-hydrogen) atoms. The number of pyridine rings is 1. The van der Waals surface area contributed by atoms with E-state index in [0.29, 0.717) is 0 Å². The smallest absolute Gasteiger partial charge is 0.0400 e. The van der Waals surface area contributed by atoms with E-state index in [0.717, 1.165) is 29.2 Å². The highest BCUT2D eigenvalue weighted by molar-refractivity contribution is 5.25. The number of unbranched alkanes of at least 4 members (excludes halogenated alkanes) is 16.